The SMILES string of the molecule is C=C[C@@](C)(c1ccc([N+](=O)[O-])cc1)c1ccco1. The summed E-state index contributed by atoms with van der Waals surface area (Å²) in [5.41, 5.74) is 0.487. The predicted molar refractivity (Wildman–Crippen MR) is 68.5 cm³/mol. The molecule has 1 heterocycles. The van der Waals surface area contributed by atoms with E-state index in [0.29, 0.717) is 0 Å². The lowest BCUT2D eigenvalue weighted by molar-refractivity contribution is -0.384. The maximum atomic E-state index is 10.6. The van der Waals surface area contributed by atoms with E-state index in [1.54, 1.807) is 24.5 Å². The van der Waals surface area contributed by atoms with Gasteiger partial charge in [0, 0.05) is 12.1 Å². The van der Waals surface area contributed by atoms with Crippen molar-refractivity contribution >= 4 is 5.69 Å². The van der Waals surface area contributed by atoms with Crippen molar-refractivity contribution in [3.63, 3.8) is 0 Å². The van der Waals surface area contributed by atoms with Crippen LogP contribution in [-0.4, -0.2) is 4.92 Å². The Labute approximate surface area is 105 Å². The molecule has 0 radical (unpaired) electrons. The molecule has 0 amide bonds. The quantitative estimate of drug-likeness (QED) is 0.467. The van der Waals surface area contributed by atoms with Crippen molar-refractivity contribution in [3.05, 3.63) is 76.8 Å². The van der Waals surface area contributed by atoms with E-state index in [9.17, 15) is 10.1 Å². The summed E-state index contributed by atoms with van der Waals surface area (Å²) in [6.07, 6.45) is 3.37. The summed E-state index contributed by atoms with van der Waals surface area (Å²) >= 11 is 0. The number of hydrogen-bond acceptors (Lipinski definition) is 3. The first-order valence-corrected chi connectivity index (χ1v) is 5.50. The first-order valence-electron chi connectivity index (χ1n) is 5.50. The number of rotatable bonds is 4. The van der Waals surface area contributed by atoms with Crippen LogP contribution in [0.2, 0.25) is 0 Å². The molecule has 0 aliphatic carbocycles. The van der Waals surface area contributed by atoms with Crippen LogP contribution >= 0.6 is 0 Å². The van der Waals surface area contributed by atoms with Crippen LogP contribution in [0.5, 0.6) is 0 Å². The molecule has 0 saturated carbocycles. The molecule has 0 aliphatic heterocycles. The number of nitrogens with zero attached hydrogens (tertiary/aromatic N) is 1. The third kappa shape index (κ3) is 1.93. The van der Waals surface area contributed by atoms with E-state index in [1.807, 2.05) is 19.1 Å². The molecular weight excluding hydrogens is 230 g/mol. The number of hydrogen-bond donors (Lipinski definition) is 0. The largest absolute Gasteiger partial charge is 0.468 e. The lowest BCUT2D eigenvalue weighted by Crippen LogP contribution is -2.19. The maximum Gasteiger partial charge on any atom is 0.269 e. The molecule has 0 N–H and O–H groups in total. The molecular formula is C14H13NO3. The first-order chi connectivity index (χ1) is 8.58. The fraction of sp³-hybridized carbons (Fsp3) is 0.143. The molecule has 1 atom stereocenters. The average Bonchev–Trinajstić information content (AvgIpc) is 2.92. The highest BCUT2D eigenvalue weighted by Gasteiger charge is 2.28. The second kappa shape index (κ2) is 4.49. The topological polar surface area (TPSA) is 56.3 Å². The molecule has 4 nitrogen and oxygen atoms in total. The minimum absolute atomic E-state index is 0.0737. The standard InChI is InChI=1S/C14H13NO3/c1-3-14(2,13-5-4-10-18-13)11-6-8-12(9-7-11)15(16)17/h3-10H,1H2,2H3/t14-/m0/s1. The molecule has 0 spiro atoms. The normalized spacial score (nSPS) is 13.8. The van der Waals surface area contributed by atoms with Gasteiger partial charge in [0.15, 0.2) is 0 Å². The zero-order valence-corrected chi connectivity index (χ0v) is 10.00. The lowest BCUT2D eigenvalue weighted by atomic mass is 9.80. The Morgan fingerprint density at radius 3 is 2.44 bits per heavy atom. The third-order valence-electron chi connectivity index (χ3n) is 3.12. The van der Waals surface area contributed by atoms with Crippen LogP contribution in [0.15, 0.2) is 59.7 Å². The van der Waals surface area contributed by atoms with Crippen LogP contribution in [0, 0.1) is 10.1 Å². The van der Waals surface area contributed by atoms with E-state index < -0.39 is 10.3 Å². The van der Waals surface area contributed by atoms with Gasteiger partial charge in [-0.25, -0.2) is 0 Å². The second-order valence-electron chi connectivity index (χ2n) is 4.19. The summed E-state index contributed by atoms with van der Waals surface area (Å²) in [7, 11) is 0. The van der Waals surface area contributed by atoms with Gasteiger partial charge in [0.05, 0.1) is 16.6 Å². The van der Waals surface area contributed by atoms with Crippen molar-refractivity contribution < 1.29 is 9.34 Å². The Balaban J connectivity index is 2.45. The van der Waals surface area contributed by atoms with Crippen molar-refractivity contribution in [1.29, 1.82) is 0 Å². The van der Waals surface area contributed by atoms with Crippen molar-refractivity contribution in [2.24, 2.45) is 0 Å². The smallest absolute Gasteiger partial charge is 0.269 e. The van der Waals surface area contributed by atoms with Gasteiger partial charge in [-0.2, -0.15) is 0 Å². The van der Waals surface area contributed by atoms with Gasteiger partial charge in [0.1, 0.15) is 5.76 Å². The van der Waals surface area contributed by atoms with Gasteiger partial charge in [0.25, 0.3) is 5.69 Å². The van der Waals surface area contributed by atoms with E-state index >= 15 is 0 Å². The molecule has 0 unspecified atom stereocenters. The zero-order valence-electron chi connectivity index (χ0n) is 10.00. The molecule has 18 heavy (non-hydrogen) atoms. The third-order valence-corrected chi connectivity index (χ3v) is 3.12. The minimum atomic E-state index is -0.487. The monoisotopic (exact) mass is 243 g/mol. The number of benzene rings is 1. The molecule has 0 fully saturated rings. The van der Waals surface area contributed by atoms with Gasteiger partial charge < -0.3 is 4.42 Å². The van der Waals surface area contributed by atoms with E-state index in [2.05, 4.69) is 6.58 Å². The number of non-ortho nitro benzene ring substituents is 1. The maximum absolute atomic E-state index is 10.6. The van der Waals surface area contributed by atoms with Gasteiger partial charge in [-0.15, -0.1) is 6.58 Å². The van der Waals surface area contributed by atoms with Crippen LogP contribution < -0.4 is 0 Å². The van der Waals surface area contributed by atoms with Crippen molar-refractivity contribution in [2.75, 3.05) is 0 Å². The molecule has 0 bridgehead atoms. The number of furan rings is 1. The van der Waals surface area contributed by atoms with Crippen LogP contribution in [0.4, 0.5) is 5.69 Å². The Hall–Kier alpha value is -2.36. The molecule has 92 valence electrons. The highest BCUT2D eigenvalue weighted by atomic mass is 16.6. The Morgan fingerprint density at radius 1 is 1.33 bits per heavy atom. The lowest BCUT2D eigenvalue weighted by Gasteiger charge is -2.23. The van der Waals surface area contributed by atoms with Crippen LogP contribution in [0.1, 0.15) is 18.2 Å². The highest BCUT2D eigenvalue weighted by molar-refractivity contribution is 5.43. The Morgan fingerprint density at radius 2 is 2.00 bits per heavy atom. The van der Waals surface area contributed by atoms with Crippen molar-refractivity contribution in [1.82, 2.24) is 0 Å². The van der Waals surface area contributed by atoms with E-state index in [4.69, 9.17) is 4.42 Å². The van der Waals surface area contributed by atoms with Gasteiger partial charge in [-0.1, -0.05) is 18.2 Å². The van der Waals surface area contributed by atoms with Gasteiger partial charge >= 0.3 is 0 Å². The number of allylic oxidation sites excluding steroid dienone is 1. The summed E-state index contributed by atoms with van der Waals surface area (Å²) < 4.78 is 5.42. The summed E-state index contributed by atoms with van der Waals surface area (Å²) in [6, 6.07) is 10.1. The number of nitro benzene ring substituents is 1. The van der Waals surface area contributed by atoms with Gasteiger partial charge in [-0.3, -0.25) is 10.1 Å². The van der Waals surface area contributed by atoms with Gasteiger partial charge in [-0.05, 0) is 24.6 Å². The minimum Gasteiger partial charge on any atom is -0.468 e. The van der Waals surface area contributed by atoms with E-state index in [0.717, 1.165) is 11.3 Å². The summed E-state index contributed by atoms with van der Waals surface area (Å²) in [5.74, 6) is 0.756. The van der Waals surface area contributed by atoms with E-state index in [-0.39, 0.29) is 5.69 Å². The summed E-state index contributed by atoms with van der Waals surface area (Å²) in [4.78, 5) is 10.2. The van der Waals surface area contributed by atoms with Crippen LogP contribution in [0.25, 0.3) is 0 Å². The first kappa shape index (κ1) is 12.1. The molecule has 4 heteroatoms. The fourth-order valence-electron chi connectivity index (χ4n) is 1.86. The molecule has 0 aliphatic rings. The molecule has 0 saturated heterocycles. The van der Waals surface area contributed by atoms with Crippen LogP contribution in [0.3, 0.4) is 0 Å². The Kier molecular flexibility index (Phi) is 3.02. The molecule has 2 rings (SSSR count). The van der Waals surface area contributed by atoms with Crippen molar-refractivity contribution in [2.45, 2.75) is 12.3 Å². The predicted octanol–water partition coefficient (Wildman–Crippen LogP) is 3.68. The average molecular weight is 243 g/mol. The fourth-order valence-corrected chi connectivity index (χ4v) is 1.86. The van der Waals surface area contributed by atoms with E-state index in [1.165, 1.54) is 12.1 Å². The second-order valence-corrected chi connectivity index (χ2v) is 4.19. The summed E-state index contributed by atoms with van der Waals surface area (Å²) in [5, 5.41) is 10.6. The zero-order chi connectivity index (χ0) is 13.2. The molecule has 2 aromatic rings. The molecule has 1 aromatic heterocycles. The van der Waals surface area contributed by atoms with Crippen LogP contribution in [-0.2, 0) is 5.41 Å². The molecule has 1 aromatic carbocycles. The number of nitro groups is 1. The highest BCUT2D eigenvalue weighted by Crippen LogP contribution is 2.34. The summed E-state index contributed by atoms with van der Waals surface area (Å²) in [6.45, 7) is 5.79. The Bertz CT molecular complexity index is 557. The van der Waals surface area contributed by atoms with Gasteiger partial charge in [0.2, 0.25) is 0 Å². The van der Waals surface area contributed by atoms with Crippen molar-refractivity contribution in [3.8, 4) is 0 Å².